The molecule has 0 saturated carbocycles. The van der Waals surface area contributed by atoms with Crippen LogP contribution in [-0.2, 0) is 11.2 Å². The number of nitrogens with zero attached hydrogens (tertiary/aromatic N) is 1. The molecule has 1 aliphatic heterocycles. The van der Waals surface area contributed by atoms with Crippen LogP contribution in [0.4, 0.5) is 0 Å². The second-order valence-electron chi connectivity index (χ2n) is 6.06. The van der Waals surface area contributed by atoms with Gasteiger partial charge in [0.2, 0.25) is 6.10 Å². The molecule has 0 aliphatic carbocycles. The molecule has 0 saturated heterocycles. The van der Waals surface area contributed by atoms with Crippen molar-refractivity contribution in [3.8, 4) is 23.0 Å². The van der Waals surface area contributed by atoms with Gasteiger partial charge in [0.15, 0.2) is 23.0 Å². The molecule has 0 spiro atoms. The van der Waals surface area contributed by atoms with Crippen molar-refractivity contribution in [2.75, 3.05) is 34.4 Å². The van der Waals surface area contributed by atoms with Gasteiger partial charge in [0, 0.05) is 13.6 Å². The molecule has 0 bridgehead atoms. The summed E-state index contributed by atoms with van der Waals surface area (Å²) in [6.07, 6.45) is 0.0764. The summed E-state index contributed by atoms with van der Waals surface area (Å²) in [6, 6.07) is 13.1. The Balaban J connectivity index is 1.58. The Hall–Kier alpha value is -2.89. The summed E-state index contributed by atoms with van der Waals surface area (Å²) < 4.78 is 22.0. The van der Waals surface area contributed by atoms with Crippen LogP contribution in [0.25, 0.3) is 0 Å². The monoisotopic (exact) mass is 357 g/mol. The van der Waals surface area contributed by atoms with Crippen molar-refractivity contribution in [1.29, 1.82) is 0 Å². The van der Waals surface area contributed by atoms with E-state index >= 15 is 0 Å². The fraction of sp³-hybridized carbons (Fsp3) is 0.350. The molecule has 0 aromatic heterocycles. The van der Waals surface area contributed by atoms with Crippen molar-refractivity contribution >= 4 is 5.91 Å². The molecule has 6 nitrogen and oxygen atoms in total. The third kappa shape index (κ3) is 3.85. The lowest BCUT2D eigenvalue weighted by atomic mass is 10.1. The molecule has 2 aromatic rings. The molecule has 1 atom stereocenters. The van der Waals surface area contributed by atoms with Crippen molar-refractivity contribution in [2.45, 2.75) is 12.5 Å². The number of hydrogen-bond donors (Lipinski definition) is 0. The summed E-state index contributed by atoms with van der Waals surface area (Å²) in [6.45, 7) is 0.784. The molecular formula is C20H23NO5. The lowest BCUT2D eigenvalue weighted by Crippen LogP contribution is -2.45. The van der Waals surface area contributed by atoms with Crippen molar-refractivity contribution in [2.24, 2.45) is 0 Å². The van der Waals surface area contributed by atoms with Crippen LogP contribution in [0.3, 0.4) is 0 Å². The Morgan fingerprint density at radius 3 is 2.58 bits per heavy atom. The summed E-state index contributed by atoms with van der Waals surface area (Å²) in [4.78, 5) is 14.3. The van der Waals surface area contributed by atoms with Crippen LogP contribution in [0.15, 0.2) is 42.5 Å². The zero-order chi connectivity index (χ0) is 18.5. The second-order valence-corrected chi connectivity index (χ2v) is 6.06. The molecule has 1 heterocycles. The molecular weight excluding hydrogens is 334 g/mol. The second kappa shape index (κ2) is 7.99. The van der Waals surface area contributed by atoms with E-state index in [9.17, 15) is 4.79 Å². The molecule has 6 heteroatoms. The van der Waals surface area contributed by atoms with Gasteiger partial charge in [-0.3, -0.25) is 4.79 Å². The number of benzene rings is 2. The van der Waals surface area contributed by atoms with Gasteiger partial charge in [-0.05, 0) is 36.2 Å². The average Bonchev–Trinajstić information content (AvgIpc) is 2.70. The highest BCUT2D eigenvalue weighted by molar-refractivity contribution is 5.81. The molecule has 1 aliphatic rings. The van der Waals surface area contributed by atoms with Gasteiger partial charge in [-0.25, -0.2) is 0 Å². The summed E-state index contributed by atoms with van der Waals surface area (Å²) in [5.41, 5.74) is 1.06. The van der Waals surface area contributed by atoms with Gasteiger partial charge in [-0.2, -0.15) is 0 Å². The van der Waals surface area contributed by atoms with Gasteiger partial charge in [0.1, 0.15) is 6.61 Å². The van der Waals surface area contributed by atoms with E-state index in [1.54, 1.807) is 32.2 Å². The first-order chi connectivity index (χ1) is 12.6. The maximum atomic E-state index is 12.6. The number of para-hydroxylation sites is 2. The molecule has 0 radical (unpaired) electrons. The van der Waals surface area contributed by atoms with E-state index < -0.39 is 6.10 Å². The van der Waals surface area contributed by atoms with E-state index in [0.717, 1.165) is 5.56 Å². The van der Waals surface area contributed by atoms with Crippen LogP contribution in [-0.4, -0.2) is 51.3 Å². The van der Waals surface area contributed by atoms with Gasteiger partial charge in [-0.15, -0.1) is 0 Å². The Bertz CT molecular complexity index is 777. The summed E-state index contributed by atoms with van der Waals surface area (Å²) >= 11 is 0. The quantitative estimate of drug-likeness (QED) is 0.795. The molecule has 1 amide bonds. The fourth-order valence-electron chi connectivity index (χ4n) is 2.83. The van der Waals surface area contributed by atoms with E-state index in [0.29, 0.717) is 36.0 Å². The first-order valence-corrected chi connectivity index (χ1v) is 8.46. The van der Waals surface area contributed by atoms with Gasteiger partial charge in [0.05, 0.1) is 14.2 Å². The van der Waals surface area contributed by atoms with E-state index in [1.165, 1.54) is 0 Å². The number of carbonyl (C=O) groups excluding carboxylic acids is 1. The topological polar surface area (TPSA) is 57.2 Å². The minimum absolute atomic E-state index is 0.0972. The Kier molecular flexibility index (Phi) is 5.51. The fourth-order valence-corrected chi connectivity index (χ4v) is 2.83. The van der Waals surface area contributed by atoms with Crippen molar-refractivity contribution in [3.05, 3.63) is 48.0 Å². The predicted molar refractivity (Wildman–Crippen MR) is 97.2 cm³/mol. The first kappa shape index (κ1) is 17.9. The molecule has 0 N–H and O–H groups in total. The highest BCUT2D eigenvalue weighted by Crippen LogP contribution is 2.31. The molecule has 3 rings (SSSR count). The van der Waals surface area contributed by atoms with Crippen molar-refractivity contribution < 1.29 is 23.7 Å². The number of methoxy groups -OCH3 is 2. The maximum absolute atomic E-state index is 12.6. The molecule has 138 valence electrons. The van der Waals surface area contributed by atoms with E-state index in [4.69, 9.17) is 18.9 Å². The Morgan fingerprint density at radius 2 is 1.85 bits per heavy atom. The molecule has 0 unspecified atom stereocenters. The van der Waals surface area contributed by atoms with Crippen LogP contribution in [0.1, 0.15) is 5.56 Å². The number of fused-ring (bicyclic) bond motifs is 1. The highest BCUT2D eigenvalue weighted by Gasteiger charge is 2.29. The maximum Gasteiger partial charge on any atom is 0.267 e. The average molecular weight is 357 g/mol. The normalized spacial score (nSPS) is 15.3. The lowest BCUT2D eigenvalue weighted by Gasteiger charge is -2.28. The van der Waals surface area contributed by atoms with Gasteiger partial charge >= 0.3 is 0 Å². The molecule has 0 fully saturated rings. The minimum Gasteiger partial charge on any atom is -0.493 e. The highest BCUT2D eigenvalue weighted by atomic mass is 16.6. The number of carbonyl (C=O) groups is 1. The first-order valence-electron chi connectivity index (χ1n) is 8.46. The van der Waals surface area contributed by atoms with Crippen molar-refractivity contribution in [1.82, 2.24) is 4.90 Å². The van der Waals surface area contributed by atoms with Crippen LogP contribution >= 0.6 is 0 Å². The summed E-state index contributed by atoms with van der Waals surface area (Å²) in [5.74, 6) is 2.54. The number of amides is 1. The van der Waals surface area contributed by atoms with Crippen LogP contribution in [0.5, 0.6) is 23.0 Å². The molecule has 2 aromatic carbocycles. The number of likely N-dealkylation sites (N-methyl/N-ethyl adjacent to an activating group) is 1. The Labute approximate surface area is 153 Å². The van der Waals surface area contributed by atoms with Crippen LogP contribution in [0.2, 0.25) is 0 Å². The largest absolute Gasteiger partial charge is 0.493 e. The smallest absolute Gasteiger partial charge is 0.267 e. The van der Waals surface area contributed by atoms with Gasteiger partial charge in [0.25, 0.3) is 5.91 Å². The van der Waals surface area contributed by atoms with Gasteiger partial charge in [-0.1, -0.05) is 18.2 Å². The van der Waals surface area contributed by atoms with Crippen LogP contribution < -0.4 is 18.9 Å². The number of ether oxygens (including phenoxy) is 4. The minimum atomic E-state index is -0.625. The van der Waals surface area contributed by atoms with Crippen LogP contribution in [0, 0.1) is 0 Å². The number of hydrogen-bond acceptors (Lipinski definition) is 5. The standard InChI is InChI=1S/C20H23NO5/c1-21(11-10-14-8-9-15(23-2)18(12-14)24-3)20(22)19-13-25-16-6-4-5-7-17(16)26-19/h4-9,12,19H,10-11,13H2,1-3H3/t19-/m1/s1. The third-order valence-corrected chi connectivity index (χ3v) is 4.34. The zero-order valence-corrected chi connectivity index (χ0v) is 15.2. The zero-order valence-electron chi connectivity index (χ0n) is 15.2. The number of rotatable bonds is 6. The van der Waals surface area contributed by atoms with Crippen molar-refractivity contribution in [3.63, 3.8) is 0 Å². The lowest BCUT2D eigenvalue weighted by molar-refractivity contribution is -0.139. The van der Waals surface area contributed by atoms with E-state index in [2.05, 4.69) is 0 Å². The third-order valence-electron chi connectivity index (χ3n) is 4.34. The SMILES string of the molecule is COc1ccc(CCN(C)C(=O)[C@H]2COc3ccccc3O2)cc1OC. The molecule has 26 heavy (non-hydrogen) atoms. The van der Waals surface area contributed by atoms with Gasteiger partial charge < -0.3 is 23.8 Å². The predicted octanol–water partition coefficient (Wildman–Crippen LogP) is 2.54. The van der Waals surface area contributed by atoms with E-state index in [1.807, 2.05) is 36.4 Å². The van der Waals surface area contributed by atoms with E-state index in [-0.39, 0.29) is 12.5 Å². The Morgan fingerprint density at radius 1 is 1.12 bits per heavy atom. The summed E-state index contributed by atoms with van der Waals surface area (Å²) in [5, 5.41) is 0. The summed E-state index contributed by atoms with van der Waals surface area (Å²) in [7, 11) is 4.98.